The quantitative estimate of drug-likeness (QED) is 0.131. The van der Waals surface area contributed by atoms with E-state index in [9.17, 15) is 29.4 Å². The summed E-state index contributed by atoms with van der Waals surface area (Å²) in [5, 5.41) is 22.0. The van der Waals surface area contributed by atoms with Gasteiger partial charge in [-0.25, -0.2) is 0 Å². The van der Waals surface area contributed by atoms with Crippen molar-refractivity contribution in [1.29, 1.82) is 0 Å². The number of carbonyl (C=O) groups excluding carboxylic acids is 4. The van der Waals surface area contributed by atoms with Crippen LogP contribution in [0.25, 0.3) is 0 Å². The molecule has 9 heteroatoms. The molecule has 0 fully saturated rings. The van der Waals surface area contributed by atoms with Gasteiger partial charge in [-0.3, -0.25) is 19.2 Å². The van der Waals surface area contributed by atoms with Crippen LogP contribution in [0.3, 0.4) is 0 Å². The van der Waals surface area contributed by atoms with Crippen LogP contribution in [0.15, 0.2) is 23.3 Å². The molecule has 0 aliphatic carbocycles. The Balaban J connectivity index is 5.14. The molecule has 0 saturated heterocycles. The lowest BCUT2D eigenvalue weighted by atomic mass is 9.82. The average Bonchev–Trinajstić information content (AvgIpc) is 2.76. The van der Waals surface area contributed by atoms with Gasteiger partial charge in [0.15, 0.2) is 0 Å². The number of carbonyl (C=O) groups is 4. The first-order chi connectivity index (χ1) is 17.1. The third-order valence-electron chi connectivity index (χ3n) is 6.38. The Morgan fingerprint density at radius 3 is 1.30 bits per heavy atom. The molecule has 9 nitrogen and oxygen atoms in total. The first kappa shape index (κ1) is 34.5. The predicted molar refractivity (Wildman–Crippen MR) is 139 cm³/mol. The standard InChI is InChI=1S/C28H46O9/c1-9-23(27(7,33)15-11-13-19(3)17-35-21(5)29)25(31)37-26(32)24(10-2)28(8,34)16-12-14-20(4)18-36-22(6)30/h13-14,23-24,33-34H,9-12,15-18H2,1-8H3/b19-13+,20-14+. The fourth-order valence-corrected chi connectivity index (χ4v) is 4.08. The van der Waals surface area contributed by atoms with E-state index in [2.05, 4.69) is 0 Å². The molecule has 0 aromatic heterocycles. The van der Waals surface area contributed by atoms with Crippen LogP contribution in [0, 0.1) is 11.8 Å². The number of rotatable bonds is 16. The van der Waals surface area contributed by atoms with Crippen LogP contribution in [0.1, 0.15) is 93.9 Å². The van der Waals surface area contributed by atoms with Gasteiger partial charge >= 0.3 is 23.9 Å². The van der Waals surface area contributed by atoms with Crippen molar-refractivity contribution in [3.05, 3.63) is 23.3 Å². The number of aliphatic hydroxyl groups is 2. The van der Waals surface area contributed by atoms with E-state index < -0.39 is 35.0 Å². The highest BCUT2D eigenvalue weighted by Crippen LogP contribution is 2.31. The second-order valence-corrected chi connectivity index (χ2v) is 10.1. The minimum absolute atomic E-state index is 0.158. The third-order valence-corrected chi connectivity index (χ3v) is 6.38. The van der Waals surface area contributed by atoms with Crippen molar-refractivity contribution in [3.8, 4) is 0 Å². The maximum Gasteiger partial charge on any atom is 0.319 e. The van der Waals surface area contributed by atoms with Crippen LogP contribution in [-0.2, 0) is 33.4 Å². The number of hydrogen-bond donors (Lipinski definition) is 2. The molecular formula is C28H46O9. The fraction of sp³-hybridized carbons (Fsp3) is 0.714. The zero-order valence-corrected chi connectivity index (χ0v) is 23.7. The second kappa shape index (κ2) is 16.3. The summed E-state index contributed by atoms with van der Waals surface area (Å²) >= 11 is 0. The smallest absolute Gasteiger partial charge is 0.319 e. The Morgan fingerprint density at radius 2 is 1.03 bits per heavy atom. The van der Waals surface area contributed by atoms with Gasteiger partial charge < -0.3 is 24.4 Å². The van der Waals surface area contributed by atoms with E-state index in [0.717, 1.165) is 11.1 Å². The van der Waals surface area contributed by atoms with Gasteiger partial charge in [0.2, 0.25) is 0 Å². The zero-order chi connectivity index (χ0) is 28.8. The summed E-state index contributed by atoms with van der Waals surface area (Å²) in [4.78, 5) is 47.6. The zero-order valence-electron chi connectivity index (χ0n) is 23.7. The number of ether oxygens (including phenoxy) is 3. The Labute approximate surface area is 221 Å². The summed E-state index contributed by atoms with van der Waals surface area (Å²) in [5.41, 5.74) is -1.22. The molecule has 0 saturated carbocycles. The van der Waals surface area contributed by atoms with E-state index in [0.29, 0.717) is 12.8 Å². The molecule has 0 aliphatic rings. The van der Waals surface area contributed by atoms with Crippen LogP contribution < -0.4 is 0 Å². The van der Waals surface area contributed by atoms with Crippen LogP contribution >= 0.6 is 0 Å². The average molecular weight is 527 g/mol. The molecule has 4 atom stereocenters. The van der Waals surface area contributed by atoms with E-state index in [1.54, 1.807) is 27.7 Å². The summed E-state index contributed by atoms with van der Waals surface area (Å²) in [7, 11) is 0. The molecule has 0 amide bonds. The molecule has 0 bridgehead atoms. The summed E-state index contributed by atoms with van der Waals surface area (Å²) in [6.07, 6.45) is 5.52. The summed E-state index contributed by atoms with van der Waals surface area (Å²) < 4.78 is 15.0. The van der Waals surface area contributed by atoms with E-state index in [4.69, 9.17) is 14.2 Å². The lowest BCUT2D eigenvalue weighted by molar-refractivity contribution is -0.176. The summed E-state index contributed by atoms with van der Waals surface area (Å²) in [6, 6.07) is 0. The molecule has 0 aromatic rings. The lowest BCUT2D eigenvalue weighted by Gasteiger charge is -2.33. The Bertz CT molecular complexity index is 769. The minimum atomic E-state index is -1.43. The Hall–Kier alpha value is -2.52. The second-order valence-electron chi connectivity index (χ2n) is 10.1. The van der Waals surface area contributed by atoms with Crippen LogP contribution in [0.5, 0.6) is 0 Å². The van der Waals surface area contributed by atoms with Crippen molar-refractivity contribution in [2.24, 2.45) is 11.8 Å². The topological polar surface area (TPSA) is 136 Å². The van der Waals surface area contributed by atoms with Crippen molar-refractivity contribution in [3.63, 3.8) is 0 Å². The molecule has 37 heavy (non-hydrogen) atoms. The van der Waals surface area contributed by atoms with Gasteiger partial charge in [-0.05, 0) is 77.4 Å². The molecule has 0 heterocycles. The third kappa shape index (κ3) is 13.6. The monoisotopic (exact) mass is 526 g/mol. The molecular weight excluding hydrogens is 480 g/mol. The lowest BCUT2D eigenvalue weighted by Crippen LogP contribution is -2.44. The Kier molecular flexibility index (Phi) is 15.2. The molecule has 0 rings (SSSR count). The minimum Gasteiger partial charge on any atom is -0.461 e. The van der Waals surface area contributed by atoms with Gasteiger partial charge in [0.25, 0.3) is 0 Å². The highest BCUT2D eigenvalue weighted by molar-refractivity contribution is 5.89. The van der Waals surface area contributed by atoms with E-state index in [-0.39, 0.29) is 50.8 Å². The van der Waals surface area contributed by atoms with Crippen molar-refractivity contribution in [2.45, 2.75) is 105 Å². The van der Waals surface area contributed by atoms with Gasteiger partial charge in [0, 0.05) is 13.8 Å². The van der Waals surface area contributed by atoms with Gasteiger partial charge in [-0.2, -0.15) is 0 Å². The first-order valence-electron chi connectivity index (χ1n) is 12.9. The van der Waals surface area contributed by atoms with Crippen molar-refractivity contribution in [2.75, 3.05) is 13.2 Å². The van der Waals surface area contributed by atoms with E-state index in [1.807, 2.05) is 12.2 Å². The number of esters is 4. The molecule has 0 aromatic carbocycles. The number of hydrogen-bond acceptors (Lipinski definition) is 9. The normalized spacial score (nSPS) is 17.1. The summed E-state index contributed by atoms with van der Waals surface area (Å²) in [6.45, 7) is 13.1. The van der Waals surface area contributed by atoms with E-state index in [1.165, 1.54) is 27.7 Å². The Morgan fingerprint density at radius 1 is 0.703 bits per heavy atom. The van der Waals surface area contributed by atoms with Gasteiger partial charge in [-0.1, -0.05) is 26.0 Å². The molecule has 4 unspecified atom stereocenters. The molecule has 2 N–H and O–H groups in total. The highest BCUT2D eigenvalue weighted by atomic mass is 16.6. The molecule has 0 radical (unpaired) electrons. The first-order valence-corrected chi connectivity index (χ1v) is 12.9. The van der Waals surface area contributed by atoms with Gasteiger partial charge in [0.05, 0.1) is 23.0 Å². The maximum absolute atomic E-state index is 12.9. The van der Waals surface area contributed by atoms with E-state index >= 15 is 0 Å². The van der Waals surface area contributed by atoms with Crippen molar-refractivity contribution < 1.29 is 43.6 Å². The maximum atomic E-state index is 12.9. The number of allylic oxidation sites excluding steroid dienone is 2. The molecule has 0 spiro atoms. The van der Waals surface area contributed by atoms with Crippen LogP contribution in [-0.4, -0.2) is 58.5 Å². The highest BCUT2D eigenvalue weighted by Gasteiger charge is 2.41. The van der Waals surface area contributed by atoms with Gasteiger partial charge in [0.1, 0.15) is 13.2 Å². The van der Waals surface area contributed by atoms with Crippen LogP contribution in [0.2, 0.25) is 0 Å². The molecule has 212 valence electrons. The van der Waals surface area contributed by atoms with Gasteiger partial charge in [-0.15, -0.1) is 0 Å². The predicted octanol–water partition coefficient (Wildman–Crippen LogP) is 4.19. The SMILES string of the molecule is CCC(C(=O)OC(=O)C(CC)C(C)(O)CC/C=C(\C)COC(C)=O)C(C)(O)CC/C=C(\C)COC(C)=O. The van der Waals surface area contributed by atoms with Crippen LogP contribution in [0.4, 0.5) is 0 Å². The largest absolute Gasteiger partial charge is 0.461 e. The summed E-state index contributed by atoms with van der Waals surface area (Å²) in [5.74, 6) is -4.29. The van der Waals surface area contributed by atoms with Crippen molar-refractivity contribution in [1.82, 2.24) is 0 Å². The fourth-order valence-electron chi connectivity index (χ4n) is 4.08. The molecule has 0 aliphatic heterocycles. The van der Waals surface area contributed by atoms with Crippen molar-refractivity contribution >= 4 is 23.9 Å².